The van der Waals surface area contributed by atoms with Crippen molar-refractivity contribution in [2.24, 2.45) is 27.9 Å². The van der Waals surface area contributed by atoms with E-state index in [0.29, 0.717) is 0 Å². The first kappa shape index (κ1) is 29.1. The van der Waals surface area contributed by atoms with E-state index in [2.05, 4.69) is 20.9 Å². The Hall–Kier alpha value is -3.95. The molecule has 186 valence electrons. The highest BCUT2D eigenvalue weighted by Gasteiger charge is 2.30. The van der Waals surface area contributed by atoms with Crippen molar-refractivity contribution in [2.45, 2.75) is 50.2 Å². The summed E-state index contributed by atoms with van der Waals surface area (Å²) < 4.78 is 0. The fourth-order valence-electron chi connectivity index (χ4n) is 2.50. The topological polar surface area (TPSA) is 295 Å². The molecule has 0 aromatic rings. The molecule has 3 unspecified atom stereocenters. The molecule has 0 bridgehead atoms. The van der Waals surface area contributed by atoms with E-state index in [1.807, 2.05) is 0 Å². The number of nitrogens with one attached hydrogen (secondary N) is 3. The van der Waals surface area contributed by atoms with Crippen LogP contribution < -0.4 is 38.9 Å². The maximum absolute atomic E-state index is 12.6. The van der Waals surface area contributed by atoms with Crippen molar-refractivity contribution in [1.82, 2.24) is 16.0 Å². The van der Waals surface area contributed by atoms with Gasteiger partial charge in [0, 0.05) is 13.0 Å². The van der Waals surface area contributed by atoms with E-state index in [0.717, 1.165) is 0 Å². The van der Waals surface area contributed by atoms with Crippen molar-refractivity contribution >= 4 is 41.5 Å². The Morgan fingerprint density at radius 3 is 1.88 bits per heavy atom. The van der Waals surface area contributed by atoms with E-state index < -0.39 is 66.7 Å². The average molecular weight is 474 g/mol. The molecule has 0 aromatic heterocycles. The molecule has 4 amide bonds. The molecule has 0 aliphatic carbocycles. The van der Waals surface area contributed by atoms with Gasteiger partial charge in [-0.15, -0.1) is 0 Å². The third-order valence-corrected chi connectivity index (χ3v) is 4.09. The number of nitrogens with two attached hydrogens (primary N) is 4. The zero-order valence-electron chi connectivity index (χ0n) is 17.8. The molecule has 0 aliphatic rings. The summed E-state index contributed by atoms with van der Waals surface area (Å²) in [5.41, 5.74) is 20.6. The van der Waals surface area contributed by atoms with E-state index in [9.17, 15) is 33.9 Å². The van der Waals surface area contributed by atoms with Crippen LogP contribution in [0.2, 0.25) is 0 Å². The van der Waals surface area contributed by atoms with Crippen LogP contribution in [-0.4, -0.2) is 83.0 Å². The largest absolute Gasteiger partial charge is 0.481 e. The lowest BCUT2D eigenvalue weighted by molar-refractivity contribution is -0.143. The second kappa shape index (κ2) is 15.0. The number of aliphatic carboxylic acids is 2. The van der Waals surface area contributed by atoms with Crippen molar-refractivity contribution in [3.05, 3.63) is 0 Å². The molecule has 0 spiro atoms. The summed E-state index contributed by atoms with van der Waals surface area (Å²) in [6, 6.07) is -4.39. The lowest BCUT2D eigenvalue weighted by Crippen LogP contribution is -2.56. The number of carbonyl (C=O) groups is 6. The molecule has 16 nitrogen and oxygen atoms in total. The van der Waals surface area contributed by atoms with Crippen LogP contribution in [0.5, 0.6) is 0 Å². The minimum Gasteiger partial charge on any atom is -0.481 e. The molecule has 16 heteroatoms. The van der Waals surface area contributed by atoms with Crippen LogP contribution in [0, 0.1) is 0 Å². The summed E-state index contributed by atoms with van der Waals surface area (Å²) in [6.07, 6.45) is -1.32. The molecule has 3 atom stereocenters. The van der Waals surface area contributed by atoms with Crippen molar-refractivity contribution < 1.29 is 39.0 Å². The van der Waals surface area contributed by atoms with Crippen LogP contribution in [0.4, 0.5) is 0 Å². The maximum Gasteiger partial charge on any atom is 0.326 e. The fraction of sp³-hybridized carbons (Fsp3) is 0.588. The summed E-state index contributed by atoms with van der Waals surface area (Å²) in [5.74, 6) is -6.60. The molecule has 0 heterocycles. The van der Waals surface area contributed by atoms with E-state index in [1.165, 1.54) is 0 Å². The molecule has 0 fully saturated rings. The Morgan fingerprint density at radius 1 is 0.818 bits per heavy atom. The monoisotopic (exact) mass is 474 g/mol. The molecule has 0 aromatic carbocycles. The van der Waals surface area contributed by atoms with Gasteiger partial charge in [-0.25, -0.2) is 4.79 Å². The number of carboxylic acid groups (broad SMARTS) is 2. The van der Waals surface area contributed by atoms with Gasteiger partial charge < -0.3 is 49.1 Å². The Morgan fingerprint density at radius 2 is 1.39 bits per heavy atom. The molecule has 13 N–H and O–H groups in total. The van der Waals surface area contributed by atoms with Crippen molar-refractivity contribution in [3.8, 4) is 0 Å². The highest BCUT2D eigenvalue weighted by atomic mass is 16.4. The molecular weight excluding hydrogens is 444 g/mol. The van der Waals surface area contributed by atoms with Gasteiger partial charge in [-0.05, 0) is 19.3 Å². The first-order valence-corrected chi connectivity index (χ1v) is 9.75. The van der Waals surface area contributed by atoms with Gasteiger partial charge in [0.15, 0.2) is 5.96 Å². The minimum atomic E-state index is -1.57. The highest BCUT2D eigenvalue weighted by Crippen LogP contribution is 2.04. The summed E-state index contributed by atoms with van der Waals surface area (Å²) in [4.78, 5) is 74.0. The zero-order valence-corrected chi connectivity index (χ0v) is 17.8. The summed E-state index contributed by atoms with van der Waals surface area (Å²) >= 11 is 0. The van der Waals surface area contributed by atoms with E-state index >= 15 is 0 Å². The minimum absolute atomic E-state index is 0.0530. The third kappa shape index (κ3) is 13.1. The quantitative estimate of drug-likeness (QED) is 0.0581. The van der Waals surface area contributed by atoms with Gasteiger partial charge in [-0.3, -0.25) is 29.0 Å². The number of aliphatic imine (C=N–C) groups is 1. The Labute approximate surface area is 188 Å². The maximum atomic E-state index is 12.6. The normalized spacial score (nSPS) is 13.0. The van der Waals surface area contributed by atoms with Crippen LogP contribution in [0.25, 0.3) is 0 Å². The van der Waals surface area contributed by atoms with Crippen LogP contribution in [0.3, 0.4) is 0 Å². The summed E-state index contributed by atoms with van der Waals surface area (Å²) in [6.45, 7) is -0.406. The Kier molecular flexibility index (Phi) is 13.2. The van der Waals surface area contributed by atoms with Crippen molar-refractivity contribution in [2.75, 3.05) is 13.1 Å². The third-order valence-electron chi connectivity index (χ3n) is 4.09. The molecule has 0 aliphatic heterocycles. The Bertz CT molecular complexity index is 768. The summed E-state index contributed by atoms with van der Waals surface area (Å²) in [5, 5.41) is 24.8. The Balaban J connectivity index is 5.41. The predicted octanol–water partition coefficient (Wildman–Crippen LogP) is -4.72. The number of hydrogen-bond acceptors (Lipinski definition) is 8. The smallest absolute Gasteiger partial charge is 0.326 e. The van der Waals surface area contributed by atoms with E-state index in [-0.39, 0.29) is 38.2 Å². The molecular formula is C17H30N8O8. The van der Waals surface area contributed by atoms with Gasteiger partial charge in [0.1, 0.15) is 18.1 Å². The standard InChI is InChI=1S/C17H30N8O8/c18-7-12(27)23-10(6-13(28)29)15(31)24-8(3-4-11(19)26)14(30)25-9(16(32)33)2-1-5-22-17(20)21/h8-10H,1-7,18H2,(H2,19,26)(H,23,27)(H,24,31)(H,25,30)(H,28,29)(H,32,33)(H4,20,21,22). The van der Waals surface area contributed by atoms with Crippen LogP contribution in [0.15, 0.2) is 4.99 Å². The number of nitrogens with zero attached hydrogens (tertiary/aromatic N) is 1. The van der Waals surface area contributed by atoms with Crippen molar-refractivity contribution in [1.29, 1.82) is 0 Å². The number of primary amides is 1. The molecule has 33 heavy (non-hydrogen) atoms. The molecule has 0 saturated carbocycles. The lowest BCUT2D eigenvalue weighted by Gasteiger charge is -2.23. The fourth-order valence-corrected chi connectivity index (χ4v) is 2.50. The van der Waals surface area contributed by atoms with Crippen LogP contribution >= 0.6 is 0 Å². The molecule has 0 rings (SSSR count). The van der Waals surface area contributed by atoms with Crippen LogP contribution in [-0.2, 0) is 28.8 Å². The number of amides is 4. The zero-order chi connectivity index (χ0) is 25.6. The van der Waals surface area contributed by atoms with Gasteiger partial charge in [0.2, 0.25) is 23.6 Å². The predicted molar refractivity (Wildman–Crippen MR) is 113 cm³/mol. The SMILES string of the molecule is NCC(=O)NC(CC(=O)O)C(=O)NC(CCC(N)=O)C(=O)NC(CCCN=C(N)N)C(=O)O. The molecule has 0 saturated heterocycles. The van der Waals surface area contributed by atoms with E-state index in [4.69, 9.17) is 28.0 Å². The van der Waals surface area contributed by atoms with Gasteiger partial charge in [0.05, 0.1) is 13.0 Å². The second-order valence-corrected chi connectivity index (χ2v) is 6.84. The average Bonchev–Trinajstić information content (AvgIpc) is 2.71. The lowest BCUT2D eigenvalue weighted by atomic mass is 10.1. The van der Waals surface area contributed by atoms with Gasteiger partial charge in [-0.2, -0.15) is 0 Å². The number of guanidine groups is 1. The first-order valence-electron chi connectivity index (χ1n) is 9.75. The highest BCUT2D eigenvalue weighted by molar-refractivity contribution is 5.95. The number of carbonyl (C=O) groups excluding carboxylic acids is 4. The summed E-state index contributed by atoms with van der Waals surface area (Å²) in [7, 11) is 0. The van der Waals surface area contributed by atoms with Crippen molar-refractivity contribution in [3.63, 3.8) is 0 Å². The number of hydrogen-bond donors (Lipinski definition) is 9. The van der Waals surface area contributed by atoms with Crippen LogP contribution in [0.1, 0.15) is 32.1 Å². The van der Waals surface area contributed by atoms with E-state index in [1.54, 1.807) is 0 Å². The number of rotatable bonds is 16. The van der Waals surface area contributed by atoms with Gasteiger partial charge in [0.25, 0.3) is 0 Å². The van der Waals surface area contributed by atoms with Gasteiger partial charge in [-0.1, -0.05) is 0 Å². The first-order chi connectivity index (χ1) is 15.4. The van der Waals surface area contributed by atoms with Gasteiger partial charge >= 0.3 is 11.9 Å². The molecule has 0 radical (unpaired) electrons. The number of carboxylic acids is 2. The second-order valence-electron chi connectivity index (χ2n) is 6.84.